The lowest BCUT2D eigenvalue weighted by Crippen LogP contribution is -2.30. The van der Waals surface area contributed by atoms with Crippen LogP contribution in [0.5, 0.6) is 0 Å². The van der Waals surface area contributed by atoms with Gasteiger partial charge in [0.2, 0.25) is 10.0 Å². The predicted octanol–water partition coefficient (Wildman–Crippen LogP) is 6.98. The highest BCUT2D eigenvalue weighted by Gasteiger charge is 2.26. The number of benzene rings is 3. The van der Waals surface area contributed by atoms with Gasteiger partial charge in [-0.3, -0.25) is 0 Å². The first-order chi connectivity index (χ1) is 16.3. The Labute approximate surface area is 210 Å². The highest BCUT2D eigenvalue weighted by atomic mass is 79.9. The van der Waals surface area contributed by atoms with E-state index in [0.717, 1.165) is 5.56 Å². The fourth-order valence-corrected chi connectivity index (χ4v) is 5.08. The maximum absolute atomic E-state index is 14.0. The van der Waals surface area contributed by atoms with Crippen molar-refractivity contribution in [2.24, 2.45) is 4.99 Å². The van der Waals surface area contributed by atoms with E-state index in [9.17, 15) is 12.8 Å². The van der Waals surface area contributed by atoms with Gasteiger partial charge in [0.1, 0.15) is 17.3 Å². The van der Waals surface area contributed by atoms with Crippen LogP contribution in [0.15, 0.2) is 104 Å². The normalized spacial score (nSPS) is 12.0. The summed E-state index contributed by atoms with van der Waals surface area (Å²) in [6, 6.07) is 23.1. The lowest BCUT2D eigenvalue weighted by Gasteiger charge is -2.21. The molecule has 4 rings (SSSR count). The Morgan fingerprint density at radius 2 is 1.71 bits per heavy atom. The Bertz CT molecular complexity index is 1410. The average Bonchev–Trinajstić information content (AvgIpc) is 3.27. The van der Waals surface area contributed by atoms with Crippen LogP contribution >= 0.6 is 27.5 Å². The maximum atomic E-state index is 14.0. The van der Waals surface area contributed by atoms with E-state index in [1.165, 1.54) is 16.6 Å². The Hall–Kier alpha value is -2.78. The number of sulfonamides is 1. The van der Waals surface area contributed by atoms with Crippen LogP contribution in [0.2, 0.25) is 5.02 Å². The number of halogens is 3. The van der Waals surface area contributed by atoms with E-state index < -0.39 is 15.8 Å². The number of aliphatic imine (C=N–C) groups is 1. The second-order valence-electron chi connectivity index (χ2n) is 7.37. The van der Waals surface area contributed by atoms with Gasteiger partial charge in [0, 0.05) is 16.0 Å². The summed E-state index contributed by atoms with van der Waals surface area (Å²) in [7, 11) is -3.81. The minimum atomic E-state index is -3.81. The molecule has 5 nitrogen and oxygen atoms in total. The molecule has 9 heteroatoms. The molecule has 0 spiro atoms. The van der Waals surface area contributed by atoms with Gasteiger partial charge in [-0.05, 0) is 60.2 Å². The van der Waals surface area contributed by atoms with Gasteiger partial charge in [0.25, 0.3) is 0 Å². The topological polar surface area (TPSA) is 62.9 Å². The quantitative estimate of drug-likeness (QED) is 0.218. The molecule has 3 aromatic carbocycles. The summed E-state index contributed by atoms with van der Waals surface area (Å²) >= 11 is 9.18. The van der Waals surface area contributed by atoms with Crippen molar-refractivity contribution in [2.75, 3.05) is 0 Å². The molecule has 0 radical (unpaired) electrons. The Morgan fingerprint density at radius 3 is 2.41 bits per heavy atom. The van der Waals surface area contributed by atoms with Gasteiger partial charge in [-0.1, -0.05) is 57.9 Å². The summed E-state index contributed by atoms with van der Waals surface area (Å²) < 4.78 is 48.5. The summed E-state index contributed by atoms with van der Waals surface area (Å²) in [5.41, 5.74) is 0.945. The second kappa shape index (κ2) is 10.7. The molecular weight excluding hydrogens is 543 g/mol. The van der Waals surface area contributed by atoms with Crippen molar-refractivity contribution in [3.8, 4) is 0 Å². The third kappa shape index (κ3) is 6.01. The molecule has 0 unspecified atom stereocenters. The van der Waals surface area contributed by atoms with Gasteiger partial charge in [0.15, 0.2) is 0 Å². The standard InChI is InChI=1S/C25H19BrClFN2O3S/c26-19-8-13-25(24(28)14-19)29-15-21-11-12-22(33-21)17-30(16-18-6-9-20(27)10-7-18)34(31,32)23-4-2-1-3-5-23/h1-15H,16-17H2. The molecule has 0 bridgehead atoms. The molecule has 0 aliphatic heterocycles. The van der Waals surface area contributed by atoms with Gasteiger partial charge in [0.05, 0.1) is 23.3 Å². The molecular formula is C25H19BrClFN2O3S. The minimum Gasteiger partial charge on any atom is -0.459 e. The molecule has 1 aromatic heterocycles. The van der Waals surface area contributed by atoms with Gasteiger partial charge >= 0.3 is 0 Å². The molecule has 1 heterocycles. The smallest absolute Gasteiger partial charge is 0.243 e. The van der Waals surface area contributed by atoms with Crippen LogP contribution in [-0.2, 0) is 23.1 Å². The summed E-state index contributed by atoms with van der Waals surface area (Å²) in [6.07, 6.45) is 1.39. The van der Waals surface area contributed by atoms with E-state index in [-0.39, 0.29) is 23.7 Å². The monoisotopic (exact) mass is 560 g/mol. The van der Waals surface area contributed by atoms with Crippen LogP contribution in [0.25, 0.3) is 0 Å². The Balaban J connectivity index is 1.58. The largest absolute Gasteiger partial charge is 0.459 e. The molecule has 4 aromatic rings. The van der Waals surface area contributed by atoms with Crippen LogP contribution in [0.3, 0.4) is 0 Å². The number of hydrogen-bond donors (Lipinski definition) is 0. The van der Waals surface area contributed by atoms with Crippen LogP contribution in [0.4, 0.5) is 10.1 Å². The number of furan rings is 1. The van der Waals surface area contributed by atoms with Crippen molar-refractivity contribution >= 4 is 49.5 Å². The van der Waals surface area contributed by atoms with Crippen LogP contribution in [0, 0.1) is 5.82 Å². The summed E-state index contributed by atoms with van der Waals surface area (Å²) in [5, 5.41) is 0.568. The zero-order chi connectivity index (χ0) is 24.1. The second-order valence-corrected chi connectivity index (χ2v) is 10.7. The fraction of sp³-hybridized carbons (Fsp3) is 0.0800. The van der Waals surface area contributed by atoms with Gasteiger partial charge < -0.3 is 4.42 Å². The molecule has 0 N–H and O–H groups in total. The number of rotatable bonds is 8. The van der Waals surface area contributed by atoms with Crippen molar-refractivity contribution < 1.29 is 17.2 Å². The van der Waals surface area contributed by atoms with E-state index in [0.29, 0.717) is 21.0 Å². The summed E-state index contributed by atoms with van der Waals surface area (Å²) in [5.74, 6) is 0.326. The molecule has 0 saturated heterocycles. The SMILES string of the molecule is O=S(=O)(c1ccccc1)N(Cc1ccc(Cl)cc1)Cc1ccc(C=Nc2ccc(Br)cc2F)o1. The van der Waals surface area contributed by atoms with Crippen LogP contribution < -0.4 is 0 Å². The molecule has 0 aliphatic rings. The molecule has 0 saturated carbocycles. The lowest BCUT2D eigenvalue weighted by atomic mass is 10.2. The van der Waals surface area contributed by atoms with Crippen molar-refractivity contribution in [1.29, 1.82) is 0 Å². The van der Waals surface area contributed by atoms with Crippen molar-refractivity contribution in [3.63, 3.8) is 0 Å². The van der Waals surface area contributed by atoms with Crippen molar-refractivity contribution in [2.45, 2.75) is 18.0 Å². The molecule has 0 aliphatic carbocycles. The fourth-order valence-electron chi connectivity index (χ4n) is 3.20. The summed E-state index contributed by atoms with van der Waals surface area (Å²) in [4.78, 5) is 4.31. The van der Waals surface area contributed by atoms with Crippen molar-refractivity contribution in [3.05, 3.63) is 117 Å². The highest BCUT2D eigenvalue weighted by Crippen LogP contribution is 2.24. The van der Waals surface area contributed by atoms with Gasteiger partial charge in [-0.15, -0.1) is 0 Å². The zero-order valence-electron chi connectivity index (χ0n) is 17.7. The van der Waals surface area contributed by atoms with Crippen LogP contribution in [-0.4, -0.2) is 18.9 Å². The van der Waals surface area contributed by atoms with E-state index >= 15 is 0 Å². The zero-order valence-corrected chi connectivity index (χ0v) is 20.9. The number of nitrogens with zero attached hydrogens (tertiary/aromatic N) is 2. The third-order valence-electron chi connectivity index (χ3n) is 4.91. The Morgan fingerprint density at radius 1 is 0.971 bits per heavy atom. The van der Waals surface area contributed by atoms with E-state index in [4.69, 9.17) is 16.0 Å². The van der Waals surface area contributed by atoms with E-state index in [1.807, 2.05) is 0 Å². The van der Waals surface area contributed by atoms with Gasteiger partial charge in [-0.25, -0.2) is 17.8 Å². The first-order valence-corrected chi connectivity index (χ1v) is 12.8. The number of hydrogen-bond acceptors (Lipinski definition) is 4. The molecule has 34 heavy (non-hydrogen) atoms. The first kappa shape index (κ1) is 24.3. The lowest BCUT2D eigenvalue weighted by molar-refractivity contribution is 0.357. The van der Waals surface area contributed by atoms with Crippen molar-refractivity contribution in [1.82, 2.24) is 4.31 Å². The van der Waals surface area contributed by atoms with E-state index in [1.54, 1.807) is 78.9 Å². The first-order valence-electron chi connectivity index (χ1n) is 10.2. The molecule has 0 amide bonds. The predicted molar refractivity (Wildman–Crippen MR) is 134 cm³/mol. The van der Waals surface area contributed by atoms with E-state index in [2.05, 4.69) is 20.9 Å². The Kier molecular flexibility index (Phi) is 7.63. The average molecular weight is 562 g/mol. The van der Waals surface area contributed by atoms with Crippen LogP contribution in [0.1, 0.15) is 17.1 Å². The molecule has 174 valence electrons. The summed E-state index contributed by atoms with van der Waals surface area (Å²) in [6.45, 7) is 0.128. The minimum absolute atomic E-state index is 0.000336. The molecule has 0 fully saturated rings. The molecule has 0 atom stereocenters. The van der Waals surface area contributed by atoms with Gasteiger partial charge in [-0.2, -0.15) is 4.31 Å². The highest BCUT2D eigenvalue weighted by molar-refractivity contribution is 9.10. The maximum Gasteiger partial charge on any atom is 0.243 e. The third-order valence-corrected chi connectivity index (χ3v) is 7.46.